The summed E-state index contributed by atoms with van der Waals surface area (Å²) in [6, 6.07) is 0. The fourth-order valence-electron chi connectivity index (χ4n) is 1.89. The van der Waals surface area contributed by atoms with E-state index in [2.05, 4.69) is 4.74 Å². The summed E-state index contributed by atoms with van der Waals surface area (Å²) in [4.78, 5) is 0. The van der Waals surface area contributed by atoms with Crippen molar-refractivity contribution in [1.29, 1.82) is 0 Å². The van der Waals surface area contributed by atoms with Crippen molar-refractivity contribution >= 4 is 0 Å². The standard InChI is InChI=1S/C16H19F13O4/c1-2-6-31-8-5-10(30)4-3-7-32-9-11(17,18)12(19,20)15(26,27)33-16(28,29)13(21,22)14(23,24)25/h2,6,10,30H,3-5,7-9H2,1H3. The summed E-state index contributed by atoms with van der Waals surface area (Å²) >= 11 is 0. The molecule has 4 nitrogen and oxygen atoms in total. The van der Waals surface area contributed by atoms with Crippen LogP contribution in [0.15, 0.2) is 12.3 Å². The van der Waals surface area contributed by atoms with Crippen LogP contribution in [0.25, 0.3) is 0 Å². The van der Waals surface area contributed by atoms with Gasteiger partial charge >= 0.3 is 36.2 Å². The number of aliphatic hydroxyl groups excluding tert-OH is 1. The Bertz CT molecular complexity index is 620. The van der Waals surface area contributed by atoms with Crippen molar-refractivity contribution < 1.29 is 76.4 Å². The topological polar surface area (TPSA) is 47.9 Å². The molecule has 0 saturated heterocycles. The minimum atomic E-state index is -7.41. The fraction of sp³-hybridized carbons (Fsp3) is 0.875. The van der Waals surface area contributed by atoms with Gasteiger partial charge in [-0.15, -0.1) is 0 Å². The quantitative estimate of drug-likeness (QED) is 0.169. The third-order valence-corrected chi connectivity index (χ3v) is 3.71. The average molecular weight is 522 g/mol. The lowest BCUT2D eigenvalue weighted by molar-refractivity contribution is -0.509. The smallest absolute Gasteiger partial charge is 0.462 e. The minimum absolute atomic E-state index is 0.0593. The molecular formula is C16H19F13O4. The Balaban J connectivity index is 4.96. The molecule has 0 radical (unpaired) electrons. The van der Waals surface area contributed by atoms with Crippen molar-refractivity contribution in [1.82, 2.24) is 0 Å². The first kappa shape index (κ1) is 31.5. The van der Waals surface area contributed by atoms with Crippen molar-refractivity contribution in [3.63, 3.8) is 0 Å². The van der Waals surface area contributed by atoms with Gasteiger partial charge in [0.2, 0.25) is 0 Å². The van der Waals surface area contributed by atoms with Crippen LogP contribution in [0.4, 0.5) is 57.1 Å². The van der Waals surface area contributed by atoms with Gasteiger partial charge in [-0.05, 0) is 19.8 Å². The maximum absolute atomic E-state index is 13.5. The number of hydrogen-bond acceptors (Lipinski definition) is 4. The molecule has 0 aromatic rings. The Morgan fingerprint density at radius 3 is 1.76 bits per heavy atom. The van der Waals surface area contributed by atoms with Crippen molar-refractivity contribution in [2.24, 2.45) is 0 Å². The van der Waals surface area contributed by atoms with Gasteiger partial charge in [0.15, 0.2) is 0 Å². The van der Waals surface area contributed by atoms with Crippen LogP contribution >= 0.6 is 0 Å². The van der Waals surface area contributed by atoms with Gasteiger partial charge in [0.1, 0.15) is 6.61 Å². The number of hydrogen-bond donors (Lipinski definition) is 1. The first-order valence-electron chi connectivity index (χ1n) is 8.81. The molecule has 198 valence electrons. The summed E-state index contributed by atoms with van der Waals surface area (Å²) in [6.07, 6.45) is -20.3. The van der Waals surface area contributed by atoms with E-state index in [9.17, 15) is 62.2 Å². The monoisotopic (exact) mass is 522 g/mol. The van der Waals surface area contributed by atoms with E-state index in [1.165, 1.54) is 12.3 Å². The third kappa shape index (κ3) is 8.05. The number of rotatable bonds is 15. The van der Waals surface area contributed by atoms with E-state index in [1.807, 2.05) is 0 Å². The molecule has 0 amide bonds. The predicted octanol–water partition coefficient (Wildman–Crippen LogP) is 5.75. The van der Waals surface area contributed by atoms with Gasteiger partial charge in [0.25, 0.3) is 0 Å². The SMILES string of the molecule is CC=COCCC(O)CCCOCC(F)(F)C(F)(F)C(F)(F)OC(F)(F)C(F)(F)C(F)(F)F. The van der Waals surface area contributed by atoms with Crippen molar-refractivity contribution in [3.05, 3.63) is 12.3 Å². The van der Waals surface area contributed by atoms with E-state index in [0.717, 1.165) is 0 Å². The molecule has 1 N–H and O–H groups in total. The molecule has 1 atom stereocenters. The van der Waals surface area contributed by atoms with Crippen molar-refractivity contribution in [2.75, 3.05) is 19.8 Å². The molecule has 0 saturated carbocycles. The summed E-state index contributed by atoms with van der Waals surface area (Å²) in [5.41, 5.74) is 0. The Kier molecular flexibility index (Phi) is 10.8. The zero-order chi connectivity index (χ0) is 26.4. The van der Waals surface area contributed by atoms with E-state index in [0.29, 0.717) is 0 Å². The molecule has 0 fully saturated rings. The molecule has 33 heavy (non-hydrogen) atoms. The lowest BCUT2D eigenvalue weighted by Gasteiger charge is -2.35. The zero-order valence-electron chi connectivity index (χ0n) is 16.6. The maximum atomic E-state index is 13.5. The molecule has 17 heteroatoms. The van der Waals surface area contributed by atoms with Gasteiger partial charge in [-0.25, -0.2) is 4.74 Å². The lowest BCUT2D eigenvalue weighted by Crippen LogP contribution is -2.63. The molecule has 0 aliphatic rings. The lowest BCUT2D eigenvalue weighted by atomic mass is 10.1. The largest absolute Gasteiger partial charge is 0.501 e. The van der Waals surface area contributed by atoms with E-state index in [1.54, 1.807) is 11.7 Å². The van der Waals surface area contributed by atoms with E-state index in [-0.39, 0.29) is 25.9 Å². The molecule has 0 bridgehead atoms. The van der Waals surface area contributed by atoms with Crippen LogP contribution < -0.4 is 0 Å². The highest BCUT2D eigenvalue weighted by molar-refractivity contribution is 4.94. The van der Waals surface area contributed by atoms with Gasteiger partial charge in [0.05, 0.1) is 19.0 Å². The van der Waals surface area contributed by atoms with Crippen LogP contribution in [0.3, 0.4) is 0 Å². The second-order valence-electron chi connectivity index (χ2n) is 6.46. The number of aliphatic hydroxyl groups is 1. The zero-order valence-corrected chi connectivity index (χ0v) is 16.6. The second-order valence-corrected chi connectivity index (χ2v) is 6.46. The molecule has 0 aromatic heterocycles. The van der Waals surface area contributed by atoms with Crippen molar-refractivity contribution in [2.45, 2.75) is 68.5 Å². The Morgan fingerprint density at radius 1 is 0.758 bits per heavy atom. The van der Waals surface area contributed by atoms with Crippen LogP contribution in [0.5, 0.6) is 0 Å². The van der Waals surface area contributed by atoms with Crippen LogP contribution in [-0.2, 0) is 14.2 Å². The molecule has 0 rings (SSSR count). The van der Waals surface area contributed by atoms with Crippen LogP contribution in [0.1, 0.15) is 26.2 Å². The predicted molar refractivity (Wildman–Crippen MR) is 83.3 cm³/mol. The summed E-state index contributed by atoms with van der Waals surface area (Å²) < 4.78 is 177. The van der Waals surface area contributed by atoms with Crippen LogP contribution in [0.2, 0.25) is 0 Å². The van der Waals surface area contributed by atoms with Gasteiger partial charge in [-0.1, -0.05) is 6.08 Å². The molecule has 0 spiro atoms. The first-order valence-corrected chi connectivity index (χ1v) is 8.81. The minimum Gasteiger partial charge on any atom is -0.501 e. The first-order chi connectivity index (χ1) is 14.7. The number of alkyl halides is 13. The number of ether oxygens (including phenoxy) is 3. The third-order valence-electron chi connectivity index (χ3n) is 3.71. The maximum Gasteiger partial charge on any atom is 0.462 e. The van der Waals surface area contributed by atoms with Crippen LogP contribution in [-0.4, -0.2) is 67.2 Å². The molecule has 0 heterocycles. The number of allylic oxidation sites excluding steroid dienone is 1. The molecule has 0 aliphatic heterocycles. The van der Waals surface area contributed by atoms with Crippen LogP contribution in [0, 0.1) is 0 Å². The average Bonchev–Trinajstić information content (AvgIpc) is 2.62. The highest BCUT2D eigenvalue weighted by Crippen LogP contribution is 2.53. The Hall–Kier alpha value is -1.49. The van der Waals surface area contributed by atoms with E-state index >= 15 is 0 Å². The molecular weight excluding hydrogens is 503 g/mol. The van der Waals surface area contributed by atoms with E-state index in [4.69, 9.17) is 4.74 Å². The highest BCUT2D eigenvalue weighted by Gasteiger charge is 2.81. The second kappa shape index (κ2) is 11.3. The van der Waals surface area contributed by atoms with Gasteiger partial charge in [-0.2, -0.15) is 57.1 Å². The summed E-state index contributed by atoms with van der Waals surface area (Å²) in [5, 5.41) is 9.52. The molecule has 0 aromatic carbocycles. The molecule has 1 unspecified atom stereocenters. The fourth-order valence-corrected chi connectivity index (χ4v) is 1.89. The summed E-state index contributed by atoms with van der Waals surface area (Å²) in [7, 11) is 0. The molecule has 0 aliphatic carbocycles. The van der Waals surface area contributed by atoms with Gasteiger partial charge in [0, 0.05) is 13.0 Å². The summed E-state index contributed by atoms with van der Waals surface area (Å²) in [6.45, 7) is -1.70. The highest BCUT2D eigenvalue weighted by atomic mass is 19.4. The Morgan fingerprint density at radius 2 is 1.27 bits per heavy atom. The van der Waals surface area contributed by atoms with E-state index < -0.39 is 55.5 Å². The summed E-state index contributed by atoms with van der Waals surface area (Å²) in [5.74, 6) is -20.4. The normalized spacial score (nSPS) is 15.8. The number of halogens is 13. The van der Waals surface area contributed by atoms with Gasteiger partial charge < -0.3 is 14.6 Å². The van der Waals surface area contributed by atoms with Gasteiger partial charge in [-0.3, -0.25) is 0 Å². The Labute approximate surface area is 178 Å². The van der Waals surface area contributed by atoms with Crippen molar-refractivity contribution in [3.8, 4) is 0 Å².